The van der Waals surface area contributed by atoms with Gasteiger partial charge in [-0.1, -0.05) is 11.6 Å². The fraction of sp³-hybridized carbons (Fsp3) is 0.250. The van der Waals surface area contributed by atoms with Crippen LogP contribution in [0.25, 0.3) is 0 Å². The molecule has 0 saturated carbocycles. The van der Waals surface area contributed by atoms with E-state index in [2.05, 4.69) is 0 Å². The third-order valence-corrected chi connectivity index (χ3v) is 5.22. The number of sulfonamides is 1. The highest BCUT2D eigenvalue weighted by Crippen LogP contribution is 2.38. The SMILES string of the molecule is COc1cc(C)c(C)cc1S(=O)(=O)Nc1ccc(Cl)cc1C(F)(F)F. The maximum Gasteiger partial charge on any atom is 0.418 e. The summed E-state index contributed by atoms with van der Waals surface area (Å²) in [7, 11) is -3.02. The topological polar surface area (TPSA) is 55.4 Å². The van der Waals surface area contributed by atoms with Gasteiger partial charge in [0.2, 0.25) is 0 Å². The smallest absolute Gasteiger partial charge is 0.418 e. The maximum atomic E-state index is 13.2. The number of methoxy groups -OCH3 is 1. The number of anilines is 1. The van der Waals surface area contributed by atoms with E-state index in [4.69, 9.17) is 16.3 Å². The van der Waals surface area contributed by atoms with Crippen LogP contribution in [0.15, 0.2) is 35.2 Å². The van der Waals surface area contributed by atoms with Gasteiger partial charge >= 0.3 is 6.18 Å². The normalized spacial score (nSPS) is 12.1. The number of nitrogens with one attached hydrogen (secondary N) is 1. The van der Waals surface area contributed by atoms with Crippen LogP contribution in [0.5, 0.6) is 5.75 Å². The van der Waals surface area contributed by atoms with Gasteiger partial charge in [0, 0.05) is 5.02 Å². The average Bonchev–Trinajstić information content (AvgIpc) is 2.50. The zero-order valence-electron chi connectivity index (χ0n) is 13.5. The number of halogens is 4. The van der Waals surface area contributed by atoms with Crippen molar-refractivity contribution in [2.75, 3.05) is 11.8 Å². The summed E-state index contributed by atoms with van der Waals surface area (Å²) < 4.78 is 71.7. The van der Waals surface area contributed by atoms with Crippen LogP contribution in [0, 0.1) is 13.8 Å². The van der Waals surface area contributed by atoms with E-state index in [0.717, 1.165) is 11.6 Å². The standard InChI is InChI=1S/C16H15ClF3NO3S/c1-9-6-14(24-3)15(7-10(9)2)25(22,23)21-13-5-4-11(17)8-12(13)16(18,19)20/h4-8,21H,1-3H3. The Labute approximate surface area is 148 Å². The van der Waals surface area contributed by atoms with Gasteiger partial charge < -0.3 is 4.74 Å². The van der Waals surface area contributed by atoms with Gasteiger partial charge in [0.25, 0.3) is 10.0 Å². The first kappa shape index (κ1) is 19.4. The van der Waals surface area contributed by atoms with Gasteiger partial charge in [0.15, 0.2) is 0 Å². The Hall–Kier alpha value is -1.93. The van der Waals surface area contributed by atoms with E-state index in [0.29, 0.717) is 11.6 Å². The molecule has 9 heteroatoms. The Morgan fingerprint density at radius 3 is 2.24 bits per heavy atom. The van der Waals surface area contributed by atoms with Gasteiger partial charge in [-0.15, -0.1) is 0 Å². The van der Waals surface area contributed by atoms with Gasteiger partial charge in [-0.25, -0.2) is 8.42 Å². The quantitative estimate of drug-likeness (QED) is 0.812. The van der Waals surface area contributed by atoms with E-state index in [1.165, 1.54) is 25.3 Å². The molecular formula is C16H15ClF3NO3S. The average molecular weight is 394 g/mol. The maximum absolute atomic E-state index is 13.2. The molecule has 0 fully saturated rings. The minimum absolute atomic E-state index is 0.0399. The van der Waals surface area contributed by atoms with E-state index in [-0.39, 0.29) is 15.7 Å². The first-order chi connectivity index (χ1) is 11.5. The van der Waals surface area contributed by atoms with E-state index in [1.807, 2.05) is 4.72 Å². The van der Waals surface area contributed by atoms with Crippen molar-refractivity contribution in [3.05, 3.63) is 52.0 Å². The van der Waals surface area contributed by atoms with Crippen LogP contribution in [-0.4, -0.2) is 15.5 Å². The summed E-state index contributed by atoms with van der Waals surface area (Å²) >= 11 is 5.60. The molecule has 0 bridgehead atoms. The highest BCUT2D eigenvalue weighted by molar-refractivity contribution is 7.92. The largest absolute Gasteiger partial charge is 0.495 e. The summed E-state index contributed by atoms with van der Waals surface area (Å²) in [6.07, 6.45) is -4.77. The second-order valence-electron chi connectivity index (χ2n) is 5.38. The Kier molecular flexibility index (Phi) is 5.24. The van der Waals surface area contributed by atoms with Crippen LogP contribution in [-0.2, 0) is 16.2 Å². The monoisotopic (exact) mass is 393 g/mol. The van der Waals surface area contributed by atoms with Gasteiger partial charge in [-0.2, -0.15) is 13.2 Å². The van der Waals surface area contributed by atoms with Crippen molar-refractivity contribution in [2.24, 2.45) is 0 Å². The fourth-order valence-corrected chi connectivity index (χ4v) is 3.66. The lowest BCUT2D eigenvalue weighted by Crippen LogP contribution is -2.18. The molecule has 0 saturated heterocycles. The molecule has 0 aliphatic rings. The van der Waals surface area contributed by atoms with Crippen molar-refractivity contribution in [3.8, 4) is 5.75 Å². The minimum Gasteiger partial charge on any atom is -0.495 e. The van der Waals surface area contributed by atoms with Crippen LogP contribution in [0.3, 0.4) is 0 Å². The molecule has 0 unspecified atom stereocenters. The highest BCUT2D eigenvalue weighted by atomic mass is 35.5. The molecule has 136 valence electrons. The molecule has 2 rings (SSSR count). The summed E-state index contributed by atoms with van der Waals surface area (Å²) in [6, 6.07) is 5.66. The molecule has 2 aromatic carbocycles. The van der Waals surface area contributed by atoms with Crippen molar-refractivity contribution < 1.29 is 26.3 Å². The predicted molar refractivity (Wildman–Crippen MR) is 89.7 cm³/mol. The second kappa shape index (κ2) is 6.76. The van der Waals surface area contributed by atoms with E-state index < -0.39 is 27.5 Å². The number of benzene rings is 2. The lowest BCUT2D eigenvalue weighted by Gasteiger charge is -2.17. The number of hydrogen-bond donors (Lipinski definition) is 1. The van der Waals surface area contributed by atoms with Crippen molar-refractivity contribution in [3.63, 3.8) is 0 Å². The zero-order valence-corrected chi connectivity index (χ0v) is 15.1. The molecule has 0 aliphatic carbocycles. The van der Waals surface area contributed by atoms with E-state index in [9.17, 15) is 21.6 Å². The summed E-state index contributed by atoms with van der Waals surface area (Å²) in [4.78, 5) is -0.249. The van der Waals surface area contributed by atoms with Gasteiger partial charge in [-0.3, -0.25) is 4.72 Å². The highest BCUT2D eigenvalue weighted by Gasteiger charge is 2.35. The van der Waals surface area contributed by atoms with Crippen molar-refractivity contribution in [1.82, 2.24) is 0 Å². The second-order valence-corrected chi connectivity index (χ2v) is 7.47. The number of hydrogen-bond acceptors (Lipinski definition) is 3. The summed E-state index contributed by atoms with van der Waals surface area (Å²) in [6.45, 7) is 3.46. The molecule has 0 spiro atoms. The van der Waals surface area contributed by atoms with Gasteiger partial charge in [-0.05, 0) is 55.3 Å². The van der Waals surface area contributed by atoms with Crippen LogP contribution < -0.4 is 9.46 Å². The van der Waals surface area contributed by atoms with Crippen LogP contribution in [0.1, 0.15) is 16.7 Å². The molecule has 0 atom stereocenters. The Morgan fingerprint density at radius 2 is 1.68 bits per heavy atom. The van der Waals surface area contributed by atoms with Crippen LogP contribution in [0.4, 0.5) is 18.9 Å². The molecule has 1 N–H and O–H groups in total. The van der Waals surface area contributed by atoms with Gasteiger partial charge in [0.05, 0.1) is 18.4 Å². The number of ether oxygens (including phenoxy) is 1. The first-order valence-corrected chi connectivity index (χ1v) is 8.86. The zero-order chi connectivity index (χ0) is 19.0. The molecule has 0 heterocycles. The first-order valence-electron chi connectivity index (χ1n) is 7.00. The lowest BCUT2D eigenvalue weighted by molar-refractivity contribution is -0.136. The number of alkyl halides is 3. The molecule has 0 aromatic heterocycles. The van der Waals surface area contributed by atoms with Crippen LogP contribution in [0.2, 0.25) is 5.02 Å². The Balaban J connectivity index is 2.56. The minimum atomic E-state index is -4.77. The van der Waals surface area contributed by atoms with Crippen molar-refractivity contribution in [2.45, 2.75) is 24.9 Å². The third-order valence-electron chi connectivity index (χ3n) is 3.60. The molecule has 0 aliphatic heterocycles. The summed E-state index contributed by atoms with van der Waals surface area (Å²) in [5.41, 5.74) is -0.338. The summed E-state index contributed by atoms with van der Waals surface area (Å²) in [5.74, 6) is 0.0399. The van der Waals surface area contributed by atoms with Crippen LogP contribution >= 0.6 is 11.6 Å². The van der Waals surface area contributed by atoms with E-state index in [1.54, 1.807) is 13.8 Å². The molecular weight excluding hydrogens is 379 g/mol. The molecule has 4 nitrogen and oxygen atoms in total. The molecule has 2 aromatic rings. The molecule has 0 amide bonds. The summed E-state index contributed by atoms with van der Waals surface area (Å²) in [5, 5.41) is -0.154. The van der Waals surface area contributed by atoms with E-state index >= 15 is 0 Å². The number of rotatable bonds is 4. The van der Waals surface area contributed by atoms with Crippen molar-refractivity contribution in [1.29, 1.82) is 0 Å². The third kappa shape index (κ3) is 4.19. The Bertz CT molecular complexity index is 912. The lowest BCUT2D eigenvalue weighted by atomic mass is 10.1. The molecule has 0 radical (unpaired) electrons. The Morgan fingerprint density at radius 1 is 1.08 bits per heavy atom. The predicted octanol–water partition coefficient (Wildman–Crippen LogP) is 4.79. The number of aryl methyl sites for hydroxylation is 2. The van der Waals surface area contributed by atoms with Crippen molar-refractivity contribution >= 4 is 27.3 Å². The van der Waals surface area contributed by atoms with Gasteiger partial charge in [0.1, 0.15) is 10.6 Å². The fourth-order valence-electron chi connectivity index (χ4n) is 2.17. The molecule has 25 heavy (non-hydrogen) atoms.